The summed E-state index contributed by atoms with van der Waals surface area (Å²) in [5.74, 6) is 0.752. The van der Waals surface area contributed by atoms with E-state index < -0.39 is 0 Å². The number of likely N-dealkylation sites (tertiary alicyclic amines) is 1. The molecule has 2 fully saturated rings. The maximum atomic E-state index is 13.2. The van der Waals surface area contributed by atoms with Crippen LogP contribution in [0, 0.1) is 0 Å². The van der Waals surface area contributed by atoms with Gasteiger partial charge in [-0.3, -0.25) is 9.59 Å². The molecule has 0 aromatic heterocycles. The molecule has 0 atom stereocenters. The number of ketones is 1. The van der Waals surface area contributed by atoms with Gasteiger partial charge in [0.05, 0.1) is 31.7 Å². The second-order valence-electron chi connectivity index (χ2n) is 10.2. The average molecular weight is 479 g/mol. The number of hydrogen-bond acceptors (Lipinski definition) is 6. The van der Waals surface area contributed by atoms with E-state index in [1.807, 2.05) is 42.5 Å². The summed E-state index contributed by atoms with van der Waals surface area (Å²) in [5.41, 5.74) is 2.76. The Hall–Kier alpha value is -2.74. The van der Waals surface area contributed by atoms with Gasteiger partial charge in [0.25, 0.3) is 5.91 Å². The molecule has 2 aromatic rings. The van der Waals surface area contributed by atoms with E-state index in [9.17, 15) is 9.59 Å². The van der Waals surface area contributed by atoms with Crippen LogP contribution in [0.4, 0.5) is 0 Å². The molecule has 1 amide bonds. The molecule has 3 aliphatic heterocycles. The number of Topliss-reactive ketones (excluding diaryl/α,β-unsaturated/α-hetero) is 1. The van der Waals surface area contributed by atoms with Gasteiger partial charge in [-0.15, -0.1) is 0 Å². The zero-order valence-corrected chi connectivity index (χ0v) is 20.8. The van der Waals surface area contributed by atoms with Crippen LogP contribution in [0.15, 0.2) is 42.5 Å². The summed E-state index contributed by atoms with van der Waals surface area (Å²) in [6.45, 7) is 7.86. The summed E-state index contributed by atoms with van der Waals surface area (Å²) in [5, 5.41) is 0. The molecule has 0 saturated carbocycles. The fraction of sp³-hybridized carbons (Fsp3) is 0.500. The Morgan fingerprint density at radius 2 is 1.71 bits per heavy atom. The zero-order chi connectivity index (χ0) is 24.6. The highest BCUT2D eigenvalue weighted by Gasteiger charge is 2.43. The number of nitrogens with zero attached hydrogens (tertiary/aromatic N) is 2. The van der Waals surface area contributed by atoms with Crippen molar-refractivity contribution in [1.82, 2.24) is 9.80 Å². The van der Waals surface area contributed by atoms with Crippen molar-refractivity contribution < 1.29 is 23.8 Å². The molecule has 0 radical (unpaired) electrons. The van der Waals surface area contributed by atoms with E-state index in [0.29, 0.717) is 49.1 Å². The summed E-state index contributed by atoms with van der Waals surface area (Å²) in [6.07, 6.45) is 1.83. The van der Waals surface area contributed by atoms with Gasteiger partial charge in [0.2, 0.25) is 0 Å². The van der Waals surface area contributed by atoms with E-state index in [1.165, 1.54) is 0 Å². The number of carbonyl (C=O) groups is 2. The van der Waals surface area contributed by atoms with Crippen LogP contribution >= 0.6 is 0 Å². The fourth-order valence-corrected chi connectivity index (χ4v) is 5.25. The number of piperidine rings is 1. The topological polar surface area (TPSA) is 68.3 Å². The third kappa shape index (κ3) is 4.99. The Morgan fingerprint density at radius 3 is 2.37 bits per heavy atom. The van der Waals surface area contributed by atoms with Gasteiger partial charge < -0.3 is 24.0 Å². The Morgan fingerprint density at radius 1 is 1.06 bits per heavy atom. The highest BCUT2D eigenvalue weighted by molar-refractivity contribution is 6.01. The lowest BCUT2D eigenvalue weighted by Crippen LogP contribution is -2.52. The minimum Gasteiger partial charge on any atom is -0.486 e. The van der Waals surface area contributed by atoms with Crippen molar-refractivity contribution in [2.45, 2.75) is 51.0 Å². The molecule has 0 aliphatic carbocycles. The van der Waals surface area contributed by atoms with Gasteiger partial charge in [-0.2, -0.15) is 0 Å². The molecule has 3 aliphatic rings. The molecule has 2 saturated heterocycles. The number of rotatable bonds is 5. The highest BCUT2D eigenvalue weighted by Crippen LogP contribution is 2.41. The van der Waals surface area contributed by atoms with E-state index in [0.717, 1.165) is 37.1 Å². The quantitative estimate of drug-likeness (QED) is 0.647. The van der Waals surface area contributed by atoms with Crippen molar-refractivity contribution in [3.05, 3.63) is 53.6 Å². The molecule has 1 spiro atoms. The fourth-order valence-electron chi connectivity index (χ4n) is 5.25. The Bertz CT molecular complexity index is 1080. The first kappa shape index (κ1) is 24.0. The Balaban J connectivity index is 1.28. The van der Waals surface area contributed by atoms with Crippen LogP contribution in [0.25, 0.3) is 11.1 Å². The minimum atomic E-state index is -0.375. The van der Waals surface area contributed by atoms with Gasteiger partial charge in [-0.1, -0.05) is 18.2 Å². The lowest BCUT2D eigenvalue weighted by molar-refractivity contribution is -0.0543. The van der Waals surface area contributed by atoms with Crippen molar-refractivity contribution in [2.24, 2.45) is 0 Å². The SMILES string of the molecule is CC(C)N1CCC2(CC1)CC(=O)c1cc(-c3ccc(C(=O)N(C)CC4OCCO4)cc3)ccc1O2. The van der Waals surface area contributed by atoms with E-state index in [4.69, 9.17) is 14.2 Å². The molecule has 0 N–H and O–H groups in total. The molecule has 2 aromatic carbocycles. The first-order valence-corrected chi connectivity index (χ1v) is 12.5. The first-order valence-electron chi connectivity index (χ1n) is 12.5. The lowest BCUT2D eigenvalue weighted by Gasteiger charge is -2.45. The van der Waals surface area contributed by atoms with Crippen molar-refractivity contribution in [1.29, 1.82) is 0 Å². The summed E-state index contributed by atoms with van der Waals surface area (Å²) in [6, 6.07) is 13.8. The molecule has 7 nitrogen and oxygen atoms in total. The van der Waals surface area contributed by atoms with Gasteiger partial charge in [-0.25, -0.2) is 0 Å². The third-order valence-corrected chi connectivity index (χ3v) is 7.45. The Kier molecular flexibility index (Phi) is 6.66. The van der Waals surface area contributed by atoms with Crippen molar-refractivity contribution in [3.63, 3.8) is 0 Å². The van der Waals surface area contributed by atoms with Crippen LogP contribution in [-0.2, 0) is 9.47 Å². The predicted molar refractivity (Wildman–Crippen MR) is 133 cm³/mol. The molecule has 35 heavy (non-hydrogen) atoms. The normalized spacial score (nSPS) is 20.2. The molecule has 7 heteroatoms. The highest BCUT2D eigenvalue weighted by atomic mass is 16.7. The second-order valence-corrected chi connectivity index (χ2v) is 10.2. The third-order valence-electron chi connectivity index (χ3n) is 7.45. The molecule has 0 unspecified atom stereocenters. The largest absolute Gasteiger partial charge is 0.486 e. The number of carbonyl (C=O) groups excluding carboxylic acids is 2. The second kappa shape index (κ2) is 9.72. The van der Waals surface area contributed by atoms with Crippen LogP contribution in [0.1, 0.15) is 53.8 Å². The molecule has 5 rings (SSSR count). The first-order chi connectivity index (χ1) is 16.8. The standard InChI is InChI=1S/C28H34N2O5/c1-19(2)30-12-10-28(11-13-30)17-24(31)23-16-22(8-9-25(23)35-28)20-4-6-21(7-5-20)27(32)29(3)18-26-33-14-15-34-26/h4-9,16,19,26H,10-15,17-18H2,1-3H3. The van der Waals surface area contributed by atoms with Crippen molar-refractivity contribution in [2.75, 3.05) is 39.9 Å². The van der Waals surface area contributed by atoms with E-state index >= 15 is 0 Å². The number of ether oxygens (including phenoxy) is 3. The van der Waals surface area contributed by atoms with Gasteiger partial charge in [-0.05, 0) is 49.2 Å². The minimum absolute atomic E-state index is 0.0847. The summed E-state index contributed by atoms with van der Waals surface area (Å²) in [7, 11) is 1.75. The smallest absolute Gasteiger partial charge is 0.253 e. The summed E-state index contributed by atoms with van der Waals surface area (Å²) in [4.78, 5) is 30.0. The monoisotopic (exact) mass is 478 g/mol. The van der Waals surface area contributed by atoms with Crippen molar-refractivity contribution in [3.8, 4) is 16.9 Å². The number of hydrogen-bond donors (Lipinski definition) is 0. The molecular formula is C28H34N2O5. The number of fused-ring (bicyclic) bond motifs is 1. The molecule has 0 bridgehead atoms. The number of benzene rings is 2. The predicted octanol–water partition coefficient (Wildman–Crippen LogP) is 4.01. The van der Waals surface area contributed by atoms with E-state index in [2.05, 4.69) is 18.7 Å². The van der Waals surface area contributed by atoms with Gasteiger partial charge in [0.15, 0.2) is 12.1 Å². The number of amides is 1. The van der Waals surface area contributed by atoms with Crippen LogP contribution in [0.5, 0.6) is 5.75 Å². The summed E-state index contributed by atoms with van der Waals surface area (Å²) < 4.78 is 17.3. The molecule has 186 valence electrons. The van der Waals surface area contributed by atoms with Gasteiger partial charge in [0, 0.05) is 44.6 Å². The maximum Gasteiger partial charge on any atom is 0.253 e. The van der Waals surface area contributed by atoms with Gasteiger partial charge >= 0.3 is 0 Å². The van der Waals surface area contributed by atoms with Crippen LogP contribution in [0.3, 0.4) is 0 Å². The maximum absolute atomic E-state index is 13.2. The Labute approximate surface area is 206 Å². The number of likely N-dealkylation sites (N-methyl/N-ethyl adjacent to an activating group) is 1. The molecular weight excluding hydrogens is 444 g/mol. The van der Waals surface area contributed by atoms with E-state index in [-0.39, 0.29) is 23.6 Å². The lowest BCUT2D eigenvalue weighted by atomic mass is 9.81. The molecule has 3 heterocycles. The zero-order valence-electron chi connectivity index (χ0n) is 20.8. The van der Waals surface area contributed by atoms with E-state index in [1.54, 1.807) is 11.9 Å². The van der Waals surface area contributed by atoms with Crippen LogP contribution in [0.2, 0.25) is 0 Å². The van der Waals surface area contributed by atoms with Crippen LogP contribution in [-0.4, -0.2) is 79.3 Å². The van der Waals surface area contributed by atoms with Crippen LogP contribution < -0.4 is 4.74 Å². The van der Waals surface area contributed by atoms with Crippen molar-refractivity contribution >= 4 is 11.7 Å². The average Bonchev–Trinajstić information content (AvgIpc) is 3.37. The summed E-state index contributed by atoms with van der Waals surface area (Å²) >= 11 is 0. The van der Waals surface area contributed by atoms with Gasteiger partial charge in [0.1, 0.15) is 11.4 Å².